The van der Waals surface area contributed by atoms with E-state index in [9.17, 15) is 37.3 Å². The Kier molecular flexibility index (Phi) is 5.96. The molecule has 0 aliphatic heterocycles. The van der Waals surface area contributed by atoms with Crippen LogP contribution in [0.25, 0.3) is 0 Å². The van der Waals surface area contributed by atoms with E-state index >= 15 is 0 Å². The number of nitro groups is 1. The Hall–Kier alpha value is -3.50. The molecule has 11 heteroatoms. The fraction of sp³-hybridized carbons (Fsp3) is 0.176. The Morgan fingerprint density at radius 3 is 2.29 bits per heavy atom. The lowest BCUT2D eigenvalue weighted by atomic mass is 10.1. The van der Waals surface area contributed by atoms with Gasteiger partial charge < -0.3 is 10.1 Å². The Morgan fingerprint density at radius 1 is 1.14 bits per heavy atom. The third-order valence-corrected chi connectivity index (χ3v) is 3.51. The largest absolute Gasteiger partial charge is 0.449 e. The van der Waals surface area contributed by atoms with Crippen molar-refractivity contribution in [1.29, 1.82) is 0 Å². The van der Waals surface area contributed by atoms with Crippen molar-refractivity contribution in [2.24, 2.45) is 0 Å². The van der Waals surface area contributed by atoms with Crippen molar-refractivity contribution in [1.82, 2.24) is 0 Å². The summed E-state index contributed by atoms with van der Waals surface area (Å²) >= 11 is 0. The second-order valence-corrected chi connectivity index (χ2v) is 5.54. The van der Waals surface area contributed by atoms with Crippen LogP contribution in [0.1, 0.15) is 22.8 Å². The minimum Gasteiger partial charge on any atom is -0.449 e. The number of alkyl halides is 3. The van der Waals surface area contributed by atoms with Crippen LogP contribution in [0.5, 0.6) is 0 Å². The number of halogens is 4. The second-order valence-electron chi connectivity index (χ2n) is 5.54. The van der Waals surface area contributed by atoms with Gasteiger partial charge in [0.15, 0.2) is 6.10 Å². The summed E-state index contributed by atoms with van der Waals surface area (Å²) in [6.07, 6.45) is -5.94. The lowest BCUT2D eigenvalue weighted by Crippen LogP contribution is -2.30. The summed E-state index contributed by atoms with van der Waals surface area (Å²) in [5, 5.41) is 12.9. The molecule has 1 N–H and O–H groups in total. The van der Waals surface area contributed by atoms with E-state index in [0.717, 1.165) is 30.3 Å². The van der Waals surface area contributed by atoms with Gasteiger partial charge in [0, 0.05) is 11.8 Å². The maximum atomic E-state index is 13.3. The number of carbonyl (C=O) groups excluding carboxylic acids is 2. The lowest BCUT2D eigenvalue weighted by molar-refractivity contribution is -0.387. The first-order chi connectivity index (χ1) is 13.0. The van der Waals surface area contributed by atoms with Gasteiger partial charge in [-0.15, -0.1) is 0 Å². The third-order valence-electron chi connectivity index (χ3n) is 3.51. The topological polar surface area (TPSA) is 98.5 Å². The van der Waals surface area contributed by atoms with Crippen LogP contribution in [0.4, 0.5) is 28.9 Å². The number of nitrogens with one attached hydrogen (secondary N) is 1. The SMILES string of the molecule is CC(OC(=O)c1ccc(C(F)(F)F)cc1)C(=O)Nc1ccc(F)c([N+](=O)[O-])c1. The van der Waals surface area contributed by atoms with Gasteiger partial charge in [0.1, 0.15) is 0 Å². The monoisotopic (exact) mass is 400 g/mol. The van der Waals surface area contributed by atoms with Crippen LogP contribution in [0.2, 0.25) is 0 Å². The number of amides is 1. The Balaban J connectivity index is 2.03. The minimum atomic E-state index is -4.56. The molecule has 0 radical (unpaired) electrons. The van der Waals surface area contributed by atoms with Crippen molar-refractivity contribution in [2.45, 2.75) is 19.2 Å². The summed E-state index contributed by atoms with van der Waals surface area (Å²) in [6.45, 7) is 1.19. The molecular weight excluding hydrogens is 388 g/mol. The van der Waals surface area contributed by atoms with E-state index in [0.29, 0.717) is 12.1 Å². The van der Waals surface area contributed by atoms with Crippen molar-refractivity contribution >= 4 is 23.3 Å². The number of anilines is 1. The van der Waals surface area contributed by atoms with Gasteiger partial charge in [-0.05, 0) is 43.3 Å². The molecule has 0 aliphatic carbocycles. The molecule has 28 heavy (non-hydrogen) atoms. The highest BCUT2D eigenvalue weighted by molar-refractivity contribution is 5.97. The molecule has 0 aliphatic rings. The molecule has 0 saturated carbocycles. The van der Waals surface area contributed by atoms with Gasteiger partial charge in [-0.1, -0.05) is 0 Å². The van der Waals surface area contributed by atoms with Crippen LogP contribution in [-0.2, 0) is 15.7 Å². The van der Waals surface area contributed by atoms with Crippen molar-refractivity contribution in [3.05, 3.63) is 69.5 Å². The number of carbonyl (C=O) groups is 2. The normalized spacial score (nSPS) is 12.2. The molecule has 1 atom stereocenters. The number of ether oxygens (including phenoxy) is 1. The van der Waals surface area contributed by atoms with Gasteiger partial charge in [0.05, 0.1) is 16.1 Å². The standard InChI is InChI=1S/C17H12F4N2O5/c1-9(15(24)22-12-6-7-13(18)14(8-12)23(26)27)28-16(25)10-2-4-11(5-3-10)17(19,20)21/h2-9H,1H3,(H,22,24). The zero-order valence-corrected chi connectivity index (χ0v) is 14.1. The van der Waals surface area contributed by atoms with Gasteiger partial charge in [0.2, 0.25) is 5.82 Å². The molecule has 1 unspecified atom stereocenters. The third kappa shape index (κ3) is 5.02. The van der Waals surface area contributed by atoms with Crippen molar-refractivity contribution in [2.75, 3.05) is 5.32 Å². The maximum Gasteiger partial charge on any atom is 0.416 e. The lowest BCUT2D eigenvalue weighted by Gasteiger charge is -2.14. The summed E-state index contributed by atoms with van der Waals surface area (Å²) < 4.78 is 55.7. The fourth-order valence-corrected chi connectivity index (χ4v) is 2.05. The molecule has 1 amide bonds. The number of nitro benzene ring substituents is 1. The highest BCUT2D eigenvalue weighted by atomic mass is 19.4. The van der Waals surface area contributed by atoms with E-state index < -0.39 is 46.1 Å². The van der Waals surface area contributed by atoms with Crippen molar-refractivity contribution in [3.8, 4) is 0 Å². The number of nitrogens with zero attached hydrogens (tertiary/aromatic N) is 1. The fourth-order valence-electron chi connectivity index (χ4n) is 2.05. The van der Waals surface area contributed by atoms with E-state index in [4.69, 9.17) is 4.74 Å². The smallest absolute Gasteiger partial charge is 0.416 e. The number of hydrogen-bond acceptors (Lipinski definition) is 5. The quantitative estimate of drug-likeness (QED) is 0.355. The van der Waals surface area contributed by atoms with Gasteiger partial charge in [-0.25, -0.2) is 4.79 Å². The molecule has 7 nitrogen and oxygen atoms in total. The molecule has 2 rings (SSSR count). The predicted molar refractivity (Wildman–Crippen MR) is 88.0 cm³/mol. The van der Waals surface area contributed by atoms with Crippen molar-refractivity contribution < 1.29 is 36.8 Å². The molecule has 2 aromatic carbocycles. The molecule has 0 spiro atoms. The van der Waals surface area contributed by atoms with Gasteiger partial charge in [-0.3, -0.25) is 14.9 Å². The molecule has 0 saturated heterocycles. The van der Waals surface area contributed by atoms with Crippen LogP contribution in [0.15, 0.2) is 42.5 Å². The van der Waals surface area contributed by atoms with E-state index in [1.807, 2.05) is 0 Å². The summed E-state index contributed by atoms with van der Waals surface area (Å²) in [7, 11) is 0. The highest BCUT2D eigenvalue weighted by Crippen LogP contribution is 2.29. The summed E-state index contributed by atoms with van der Waals surface area (Å²) in [5.74, 6) is -3.01. The van der Waals surface area contributed by atoms with Gasteiger partial charge >= 0.3 is 17.8 Å². The summed E-state index contributed by atoms with van der Waals surface area (Å²) in [5.41, 5.74) is -2.11. The first kappa shape index (κ1) is 20.8. The summed E-state index contributed by atoms with van der Waals surface area (Å²) in [6, 6.07) is 5.84. The van der Waals surface area contributed by atoms with Crippen LogP contribution in [0.3, 0.4) is 0 Å². The molecule has 0 heterocycles. The number of hydrogen-bond donors (Lipinski definition) is 1. The van der Waals surface area contributed by atoms with E-state index in [1.165, 1.54) is 6.92 Å². The first-order valence-electron chi connectivity index (χ1n) is 7.62. The molecule has 0 aromatic heterocycles. The zero-order chi connectivity index (χ0) is 21.1. The van der Waals surface area contributed by atoms with Crippen LogP contribution < -0.4 is 5.32 Å². The molecule has 0 fully saturated rings. The maximum absolute atomic E-state index is 13.3. The van der Waals surface area contributed by atoms with Crippen LogP contribution in [-0.4, -0.2) is 22.9 Å². The average molecular weight is 400 g/mol. The van der Waals surface area contributed by atoms with E-state index in [-0.39, 0.29) is 11.3 Å². The minimum absolute atomic E-state index is 0.101. The number of benzene rings is 2. The number of esters is 1. The molecule has 0 bridgehead atoms. The van der Waals surface area contributed by atoms with E-state index in [1.54, 1.807) is 0 Å². The van der Waals surface area contributed by atoms with Crippen LogP contribution in [0, 0.1) is 15.9 Å². The second kappa shape index (κ2) is 8.03. The highest BCUT2D eigenvalue weighted by Gasteiger charge is 2.30. The Labute approximate surface area is 155 Å². The van der Waals surface area contributed by atoms with Gasteiger partial charge in [-0.2, -0.15) is 17.6 Å². The van der Waals surface area contributed by atoms with E-state index in [2.05, 4.69) is 5.32 Å². The zero-order valence-electron chi connectivity index (χ0n) is 14.1. The molecule has 148 valence electrons. The van der Waals surface area contributed by atoms with Crippen LogP contribution >= 0.6 is 0 Å². The van der Waals surface area contributed by atoms with Gasteiger partial charge in [0.25, 0.3) is 5.91 Å². The van der Waals surface area contributed by atoms with Crippen molar-refractivity contribution in [3.63, 3.8) is 0 Å². The number of rotatable bonds is 5. The molecular formula is C17H12F4N2O5. The first-order valence-corrected chi connectivity index (χ1v) is 7.62. The predicted octanol–water partition coefficient (Wildman–Crippen LogP) is 3.94. The Morgan fingerprint density at radius 2 is 1.75 bits per heavy atom. The average Bonchev–Trinajstić information content (AvgIpc) is 2.62. The Bertz CT molecular complexity index is 913. The summed E-state index contributed by atoms with van der Waals surface area (Å²) in [4.78, 5) is 33.7. The molecule has 2 aromatic rings.